The highest BCUT2D eigenvalue weighted by Gasteiger charge is 2.17. The molecule has 0 bridgehead atoms. The van der Waals surface area contributed by atoms with Gasteiger partial charge in [0.15, 0.2) is 5.65 Å². The van der Waals surface area contributed by atoms with Gasteiger partial charge in [0.05, 0.1) is 41.8 Å². The van der Waals surface area contributed by atoms with Crippen molar-refractivity contribution in [3.05, 3.63) is 67.8 Å². The van der Waals surface area contributed by atoms with E-state index in [0.29, 0.717) is 5.65 Å². The van der Waals surface area contributed by atoms with Crippen LogP contribution in [0.15, 0.2) is 72.2 Å². The Hall–Kier alpha value is -4.50. The smallest absolute Gasteiger partial charge is 0.181 e. The van der Waals surface area contributed by atoms with Gasteiger partial charge in [-0.25, -0.2) is 4.98 Å². The Morgan fingerprint density at radius 3 is 2.67 bits per heavy atom. The Balaban J connectivity index is 1.26. The standard InChI is InChI=1S/C27H23N7O2/c1-4-28-5-2-19(1)36-20-7-17(10-29-12-20)18-8-22-26(33-34-27(22)31-11-18)24-9-21-23(16-3-6-35-15-16)13-30-14-25(21)32-24/h3,6-15,19,28,32H,1-2,4-5H2,(H,31,33,34). The minimum Gasteiger partial charge on any atom is -0.489 e. The number of aromatic amines is 2. The van der Waals surface area contributed by atoms with Crippen molar-refractivity contribution in [2.24, 2.45) is 0 Å². The number of hydrogen-bond acceptors (Lipinski definition) is 7. The summed E-state index contributed by atoms with van der Waals surface area (Å²) < 4.78 is 11.5. The molecule has 0 spiro atoms. The molecule has 0 amide bonds. The molecule has 1 aliphatic rings. The van der Waals surface area contributed by atoms with Crippen LogP contribution in [-0.2, 0) is 0 Å². The molecule has 9 nitrogen and oxygen atoms in total. The van der Waals surface area contributed by atoms with Crippen LogP contribution in [0.25, 0.3) is 55.6 Å². The molecule has 6 aromatic rings. The van der Waals surface area contributed by atoms with Crippen molar-refractivity contribution in [3.63, 3.8) is 0 Å². The van der Waals surface area contributed by atoms with Crippen LogP contribution in [-0.4, -0.2) is 49.3 Å². The van der Waals surface area contributed by atoms with Crippen LogP contribution in [0.2, 0.25) is 0 Å². The normalized spacial score (nSPS) is 14.6. The number of furan rings is 1. The molecule has 9 heteroatoms. The number of nitrogens with zero attached hydrogens (tertiary/aromatic N) is 4. The van der Waals surface area contributed by atoms with E-state index in [9.17, 15) is 0 Å². The van der Waals surface area contributed by atoms with Crippen LogP contribution < -0.4 is 10.1 Å². The van der Waals surface area contributed by atoms with Crippen molar-refractivity contribution in [2.75, 3.05) is 13.1 Å². The van der Waals surface area contributed by atoms with Gasteiger partial charge in [-0.1, -0.05) is 0 Å². The summed E-state index contributed by atoms with van der Waals surface area (Å²) in [6.07, 6.45) is 14.7. The van der Waals surface area contributed by atoms with Crippen LogP contribution in [0.5, 0.6) is 5.75 Å². The molecule has 0 saturated carbocycles. The maximum Gasteiger partial charge on any atom is 0.181 e. The lowest BCUT2D eigenvalue weighted by atomic mass is 10.1. The number of rotatable bonds is 5. The fourth-order valence-corrected chi connectivity index (χ4v) is 4.84. The average molecular weight is 478 g/mol. The van der Waals surface area contributed by atoms with E-state index < -0.39 is 0 Å². The lowest BCUT2D eigenvalue weighted by Crippen LogP contribution is -2.34. The van der Waals surface area contributed by atoms with Crippen LogP contribution in [0.3, 0.4) is 0 Å². The monoisotopic (exact) mass is 477 g/mol. The highest BCUT2D eigenvalue weighted by molar-refractivity contribution is 6.00. The predicted molar refractivity (Wildman–Crippen MR) is 136 cm³/mol. The SMILES string of the molecule is c1cc(-c2cncc3[nH]c(-c4[nH]nc5ncc(-c6cncc(OC7CCNCC7)c6)cc45)cc23)co1. The zero-order valence-electron chi connectivity index (χ0n) is 19.4. The zero-order valence-corrected chi connectivity index (χ0v) is 19.4. The first-order valence-corrected chi connectivity index (χ1v) is 12.0. The maximum atomic E-state index is 6.20. The number of aromatic nitrogens is 6. The number of hydrogen-bond donors (Lipinski definition) is 3. The van der Waals surface area contributed by atoms with Crippen molar-refractivity contribution in [2.45, 2.75) is 18.9 Å². The molecular weight excluding hydrogens is 454 g/mol. The summed E-state index contributed by atoms with van der Waals surface area (Å²) in [6.45, 7) is 1.96. The average Bonchev–Trinajstić information content (AvgIpc) is 3.68. The van der Waals surface area contributed by atoms with E-state index in [1.54, 1.807) is 18.7 Å². The van der Waals surface area contributed by atoms with Crippen LogP contribution in [0, 0.1) is 0 Å². The fourth-order valence-electron chi connectivity index (χ4n) is 4.84. The predicted octanol–water partition coefficient (Wildman–Crippen LogP) is 4.95. The van der Waals surface area contributed by atoms with Crippen molar-refractivity contribution in [3.8, 4) is 39.4 Å². The number of piperidine rings is 1. The highest BCUT2D eigenvalue weighted by Crippen LogP contribution is 2.34. The molecule has 1 saturated heterocycles. The molecule has 6 aromatic heterocycles. The second-order valence-corrected chi connectivity index (χ2v) is 9.01. The summed E-state index contributed by atoms with van der Waals surface area (Å²) in [5, 5.41) is 12.9. The van der Waals surface area contributed by atoms with Gasteiger partial charge in [-0.2, -0.15) is 5.10 Å². The molecule has 0 atom stereocenters. The highest BCUT2D eigenvalue weighted by atomic mass is 16.5. The summed E-state index contributed by atoms with van der Waals surface area (Å²) in [7, 11) is 0. The Kier molecular flexibility index (Phi) is 4.99. The summed E-state index contributed by atoms with van der Waals surface area (Å²) >= 11 is 0. The van der Waals surface area contributed by atoms with Gasteiger partial charge in [-0.05, 0) is 50.2 Å². The molecule has 178 valence electrons. The van der Waals surface area contributed by atoms with Crippen LogP contribution in [0.4, 0.5) is 0 Å². The van der Waals surface area contributed by atoms with Gasteiger partial charge in [-0.15, -0.1) is 0 Å². The molecule has 3 N–H and O–H groups in total. The van der Waals surface area contributed by atoms with E-state index in [1.165, 1.54) is 0 Å². The molecule has 0 radical (unpaired) electrons. The van der Waals surface area contributed by atoms with E-state index in [-0.39, 0.29) is 6.10 Å². The Bertz CT molecular complexity index is 1660. The molecule has 0 aromatic carbocycles. The third-order valence-electron chi connectivity index (χ3n) is 6.69. The van der Waals surface area contributed by atoms with Crippen LogP contribution in [0.1, 0.15) is 12.8 Å². The number of nitrogens with one attached hydrogen (secondary N) is 3. The first-order chi connectivity index (χ1) is 17.8. The van der Waals surface area contributed by atoms with Gasteiger partial charge in [0.1, 0.15) is 11.9 Å². The number of ether oxygens (including phenoxy) is 1. The Morgan fingerprint density at radius 2 is 1.78 bits per heavy atom. The van der Waals surface area contributed by atoms with Crippen molar-refractivity contribution in [1.29, 1.82) is 0 Å². The van der Waals surface area contributed by atoms with E-state index in [2.05, 4.69) is 47.6 Å². The minimum absolute atomic E-state index is 0.216. The van der Waals surface area contributed by atoms with E-state index in [1.807, 2.05) is 36.9 Å². The van der Waals surface area contributed by atoms with Crippen molar-refractivity contribution >= 4 is 21.9 Å². The summed E-state index contributed by atoms with van der Waals surface area (Å²) in [4.78, 5) is 16.9. The lowest BCUT2D eigenvalue weighted by Gasteiger charge is -2.23. The zero-order chi connectivity index (χ0) is 23.9. The first-order valence-electron chi connectivity index (χ1n) is 12.0. The third kappa shape index (κ3) is 3.70. The Morgan fingerprint density at radius 1 is 0.889 bits per heavy atom. The van der Waals surface area contributed by atoms with Crippen molar-refractivity contribution < 1.29 is 9.15 Å². The molecule has 1 aliphatic heterocycles. The van der Waals surface area contributed by atoms with Gasteiger partial charge in [0, 0.05) is 51.6 Å². The van der Waals surface area contributed by atoms with Gasteiger partial charge < -0.3 is 19.5 Å². The van der Waals surface area contributed by atoms with Gasteiger partial charge in [0.2, 0.25) is 0 Å². The number of fused-ring (bicyclic) bond motifs is 2. The summed E-state index contributed by atoms with van der Waals surface area (Å²) in [5.74, 6) is 0.779. The second kappa shape index (κ2) is 8.62. The fraction of sp³-hybridized carbons (Fsp3) is 0.185. The summed E-state index contributed by atoms with van der Waals surface area (Å²) in [6, 6.07) is 8.16. The topological polar surface area (TPSA) is 118 Å². The third-order valence-corrected chi connectivity index (χ3v) is 6.69. The molecule has 0 unspecified atom stereocenters. The molecular formula is C27H23N7O2. The van der Waals surface area contributed by atoms with E-state index in [0.717, 1.165) is 81.6 Å². The first kappa shape index (κ1) is 20.8. The van der Waals surface area contributed by atoms with Gasteiger partial charge in [0.25, 0.3) is 0 Å². The maximum absolute atomic E-state index is 6.20. The lowest BCUT2D eigenvalue weighted by molar-refractivity contribution is 0.162. The van der Waals surface area contributed by atoms with E-state index in [4.69, 9.17) is 9.15 Å². The Labute approximate surface area is 206 Å². The van der Waals surface area contributed by atoms with Gasteiger partial charge >= 0.3 is 0 Å². The summed E-state index contributed by atoms with van der Waals surface area (Å²) in [5.41, 5.74) is 7.24. The minimum atomic E-state index is 0.216. The molecule has 7 heterocycles. The van der Waals surface area contributed by atoms with Gasteiger partial charge in [-0.3, -0.25) is 15.1 Å². The molecule has 36 heavy (non-hydrogen) atoms. The molecule has 1 fully saturated rings. The molecule has 7 rings (SSSR count). The second-order valence-electron chi connectivity index (χ2n) is 9.01. The molecule has 0 aliphatic carbocycles. The van der Waals surface area contributed by atoms with Crippen LogP contribution >= 0.6 is 0 Å². The van der Waals surface area contributed by atoms with Crippen molar-refractivity contribution in [1.82, 2.24) is 35.5 Å². The number of pyridine rings is 3. The largest absolute Gasteiger partial charge is 0.489 e. The quantitative estimate of drug-likeness (QED) is 0.321. The van der Waals surface area contributed by atoms with E-state index >= 15 is 0 Å². The number of H-pyrrole nitrogens is 2.